The smallest absolute Gasteiger partial charge is 0.244 e. The Balaban J connectivity index is 1.62. The largest absolute Gasteiger partial charge is 0.394 e. The summed E-state index contributed by atoms with van der Waals surface area (Å²) in [6, 6.07) is 6.01. The highest BCUT2D eigenvalue weighted by Crippen LogP contribution is 2.44. The Labute approximate surface area is 185 Å². The number of carbonyl (C=O) groups excluding carboxylic acids is 3. The fourth-order valence-corrected chi connectivity index (χ4v) is 4.96. The molecule has 0 unspecified atom stereocenters. The second-order valence-electron chi connectivity index (χ2n) is 8.49. The van der Waals surface area contributed by atoms with Gasteiger partial charge in [-0.3, -0.25) is 14.4 Å². The highest BCUT2D eigenvalue weighted by molar-refractivity contribution is 5.97. The van der Waals surface area contributed by atoms with Gasteiger partial charge in [-0.25, -0.2) is 4.68 Å². The molecule has 2 aliphatic rings. The number of likely N-dealkylation sites (tertiary alicyclic amines) is 1. The van der Waals surface area contributed by atoms with Gasteiger partial charge < -0.3 is 20.6 Å². The van der Waals surface area contributed by atoms with Crippen LogP contribution in [0.1, 0.15) is 13.8 Å². The molecule has 1 aromatic carbocycles. The molecule has 1 aliphatic carbocycles. The molecule has 0 saturated carbocycles. The van der Waals surface area contributed by atoms with Gasteiger partial charge in [-0.1, -0.05) is 36.4 Å². The number of para-hydroxylation sites is 1. The van der Waals surface area contributed by atoms with Gasteiger partial charge in [0, 0.05) is 13.0 Å². The number of hydrogen-bond acceptors (Lipinski definition) is 6. The third-order valence-electron chi connectivity index (χ3n) is 6.59. The number of allylic oxidation sites excluding steroid dienone is 1. The van der Waals surface area contributed by atoms with Crippen molar-refractivity contribution in [2.75, 3.05) is 13.7 Å². The number of aliphatic hydroxyl groups excluding tert-OH is 1. The molecule has 6 atom stereocenters. The number of nitrogens with zero attached hydrogens (tertiary/aromatic N) is 4. The molecule has 10 heteroatoms. The van der Waals surface area contributed by atoms with Crippen molar-refractivity contribution in [1.29, 1.82) is 0 Å². The number of aliphatic hydroxyl groups is 1. The van der Waals surface area contributed by atoms with E-state index in [2.05, 4.69) is 20.9 Å². The van der Waals surface area contributed by atoms with Crippen molar-refractivity contribution >= 4 is 28.8 Å². The molecular formula is C22H28N6O4. The molecule has 0 radical (unpaired) electrons. The van der Waals surface area contributed by atoms with Gasteiger partial charge in [-0.15, -0.1) is 5.10 Å². The lowest BCUT2D eigenvalue weighted by Crippen LogP contribution is -2.51. The molecule has 4 rings (SSSR count). The minimum absolute atomic E-state index is 0.0851. The molecule has 3 N–H and O–H groups in total. The summed E-state index contributed by atoms with van der Waals surface area (Å²) in [7, 11) is 1.54. The summed E-state index contributed by atoms with van der Waals surface area (Å²) in [5.41, 5.74) is 1.49. The summed E-state index contributed by atoms with van der Waals surface area (Å²) in [4.78, 5) is 40.8. The van der Waals surface area contributed by atoms with E-state index in [0.29, 0.717) is 5.52 Å². The second-order valence-corrected chi connectivity index (χ2v) is 8.49. The lowest BCUT2D eigenvalue weighted by molar-refractivity contribution is -0.143. The first kappa shape index (κ1) is 21.9. The monoisotopic (exact) mass is 440 g/mol. The topological polar surface area (TPSA) is 129 Å². The fraction of sp³-hybridized carbons (Fsp3) is 0.500. The summed E-state index contributed by atoms with van der Waals surface area (Å²) in [6.07, 6.45) is 3.76. The van der Waals surface area contributed by atoms with Gasteiger partial charge in [0.05, 0.1) is 30.0 Å². The zero-order valence-electron chi connectivity index (χ0n) is 18.3. The van der Waals surface area contributed by atoms with Crippen LogP contribution in [0, 0.1) is 23.7 Å². The number of nitrogens with one attached hydrogen (secondary N) is 2. The zero-order chi connectivity index (χ0) is 23.0. The molecule has 10 nitrogen and oxygen atoms in total. The van der Waals surface area contributed by atoms with Crippen molar-refractivity contribution in [3.63, 3.8) is 0 Å². The van der Waals surface area contributed by atoms with Crippen molar-refractivity contribution < 1.29 is 19.5 Å². The average Bonchev–Trinajstić information content (AvgIpc) is 3.35. The Bertz CT molecular complexity index is 1070. The standard InChI is InChI=1S/C22H28N6O4/c1-12-8-9-14-18(17(12)20(30)23-3)22(32)28(13(2)10-29)19(14)21(31)24-11-27-16-7-5-4-6-15(16)25-26-27/h4-9,12-14,17-19,29H,10-11H2,1-3H3,(H,23,30)(H,24,31)/t12-,13-,14+,17-,18+,19+/m1/s1. The molecule has 1 aromatic heterocycles. The van der Waals surface area contributed by atoms with Crippen LogP contribution in [0.4, 0.5) is 0 Å². The first-order valence-electron chi connectivity index (χ1n) is 10.8. The zero-order valence-corrected chi connectivity index (χ0v) is 18.3. The maximum atomic E-state index is 13.4. The van der Waals surface area contributed by atoms with Crippen LogP contribution in [0.5, 0.6) is 0 Å². The predicted octanol–water partition coefficient (Wildman–Crippen LogP) is -0.103. The number of benzene rings is 1. The molecule has 1 saturated heterocycles. The van der Waals surface area contributed by atoms with Gasteiger partial charge in [-0.2, -0.15) is 0 Å². The van der Waals surface area contributed by atoms with E-state index in [4.69, 9.17) is 0 Å². The lowest BCUT2D eigenvalue weighted by Gasteiger charge is -2.32. The highest BCUT2D eigenvalue weighted by atomic mass is 16.3. The number of fused-ring (bicyclic) bond motifs is 2. The van der Waals surface area contributed by atoms with Gasteiger partial charge in [0.15, 0.2) is 0 Å². The van der Waals surface area contributed by atoms with E-state index >= 15 is 0 Å². The normalized spacial score (nSPS) is 27.9. The van der Waals surface area contributed by atoms with Crippen LogP contribution in [-0.4, -0.2) is 68.5 Å². The number of hydrogen-bond donors (Lipinski definition) is 3. The van der Waals surface area contributed by atoms with Crippen molar-refractivity contribution in [2.24, 2.45) is 23.7 Å². The van der Waals surface area contributed by atoms with Crippen molar-refractivity contribution in [3.05, 3.63) is 36.4 Å². The third-order valence-corrected chi connectivity index (χ3v) is 6.59. The maximum absolute atomic E-state index is 13.4. The molecule has 1 fully saturated rings. The summed E-state index contributed by atoms with van der Waals surface area (Å²) < 4.78 is 1.58. The van der Waals surface area contributed by atoms with Crippen molar-refractivity contribution in [1.82, 2.24) is 30.5 Å². The van der Waals surface area contributed by atoms with Crippen LogP contribution in [0.25, 0.3) is 11.0 Å². The van der Waals surface area contributed by atoms with Crippen molar-refractivity contribution in [2.45, 2.75) is 32.6 Å². The van der Waals surface area contributed by atoms with E-state index in [9.17, 15) is 19.5 Å². The van der Waals surface area contributed by atoms with Gasteiger partial charge in [0.2, 0.25) is 17.7 Å². The maximum Gasteiger partial charge on any atom is 0.244 e. The van der Waals surface area contributed by atoms with E-state index in [-0.39, 0.29) is 36.9 Å². The van der Waals surface area contributed by atoms with E-state index in [1.165, 1.54) is 4.90 Å². The SMILES string of the molecule is CNC(=O)[C@H]1[C@H]2C(=O)N([C@H](C)CO)[C@H](C(=O)NCn3nnc4ccccc43)[C@H]2C=C[C@H]1C. The second kappa shape index (κ2) is 8.70. The molecule has 3 amide bonds. The Morgan fingerprint density at radius 2 is 1.97 bits per heavy atom. The Hall–Kier alpha value is -3.27. The van der Waals surface area contributed by atoms with E-state index in [0.717, 1.165) is 5.52 Å². The van der Waals surface area contributed by atoms with Crippen LogP contribution >= 0.6 is 0 Å². The van der Waals surface area contributed by atoms with Gasteiger partial charge in [0.1, 0.15) is 18.2 Å². The molecular weight excluding hydrogens is 412 g/mol. The average molecular weight is 441 g/mol. The minimum Gasteiger partial charge on any atom is -0.394 e. The molecule has 170 valence electrons. The summed E-state index contributed by atoms with van der Waals surface area (Å²) in [5, 5.41) is 23.4. The number of rotatable bonds is 6. The number of amides is 3. The van der Waals surface area contributed by atoms with Crippen LogP contribution in [0.3, 0.4) is 0 Å². The minimum atomic E-state index is -0.833. The molecule has 2 heterocycles. The van der Waals surface area contributed by atoms with E-state index in [1.54, 1.807) is 18.7 Å². The Kier molecular flexibility index (Phi) is 5.96. The molecule has 0 bridgehead atoms. The Morgan fingerprint density at radius 3 is 2.69 bits per heavy atom. The molecule has 0 spiro atoms. The van der Waals surface area contributed by atoms with Crippen LogP contribution < -0.4 is 10.6 Å². The predicted molar refractivity (Wildman–Crippen MR) is 116 cm³/mol. The third kappa shape index (κ3) is 3.54. The number of aromatic nitrogens is 3. The quantitative estimate of drug-likeness (QED) is 0.538. The van der Waals surface area contributed by atoms with Crippen molar-refractivity contribution in [3.8, 4) is 0 Å². The van der Waals surface area contributed by atoms with Gasteiger partial charge in [-0.05, 0) is 25.0 Å². The Morgan fingerprint density at radius 1 is 1.22 bits per heavy atom. The highest BCUT2D eigenvalue weighted by Gasteiger charge is 2.57. The van der Waals surface area contributed by atoms with Crippen LogP contribution in [0.2, 0.25) is 0 Å². The van der Waals surface area contributed by atoms with Gasteiger partial charge >= 0.3 is 0 Å². The first-order valence-corrected chi connectivity index (χ1v) is 10.8. The molecule has 32 heavy (non-hydrogen) atoms. The van der Waals surface area contributed by atoms with Gasteiger partial charge in [0.25, 0.3) is 0 Å². The first-order chi connectivity index (χ1) is 15.4. The summed E-state index contributed by atoms with van der Waals surface area (Å²) >= 11 is 0. The van der Waals surface area contributed by atoms with Crippen LogP contribution in [-0.2, 0) is 21.1 Å². The van der Waals surface area contributed by atoms with E-state index < -0.39 is 29.8 Å². The lowest BCUT2D eigenvalue weighted by atomic mass is 9.70. The fourth-order valence-electron chi connectivity index (χ4n) is 4.96. The summed E-state index contributed by atoms with van der Waals surface area (Å²) in [6.45, 7) is 3.39. The molecule has 2 aromatic rings. The summed E-state index contributed by atoms with van der Waals surface area (Å²) in [5.74, 6) is -2.72. The molecule has 1 aliphatic heterocycles. The van der Waals surface area contributed by atoms with Crippen LogP contribution in [0.15, 0.2) is 36.4 Å². The van der Waals surface area contributed by atoms with E-state index in [1.807, 2.05) is 43.3 Å². The number of carbonyl (C=O) groups is 3.